The Hall–Kier alpha value is -1.28. The van der Waals surface area contributed by atoms with Crippen molar-refractivity contribution >= 4 is 10.9 Å². The summed E-state index contributed by atoms with van der Waals surface area (Å²) >= 11 is 0. The first kappa shape index (κ1) is 16.8. The summed E-state index contributed by atoms with van der Waals surface area (Å²) in [5, 5.41) is 10.9. The Morgan fingerprint density at radius 3 is 2.50 bits per heavy atom. The van der Waals surface area contributed by atoms with Crippen LogP contribution in [0.5, 0.6) is 5.75 Å². The van der Waals surface area contributed by atoms with Crippen LogP contribution in [0.1, 0.15) is 51.1 Å². The van der Waals surface area contributed by atoms with E-state index in [0.29, 0.717) is 5.75 Å². The fraction of sp³-hybridized carbons (Fsp3) is 0.471. The van der Waals surface area contributed by atoms with Crippen LogP contribution in [0.4, 0.5) is 0 Å². The molecular weight excluding hydrogens is 270 g/mol. The van der Waals surface area contributed by atoms with Gasteiger partial charge in [-0.3, -0.25) is 0 Å². The molecule has 2 rings (SSSR count). The van der Waals surface area contributed by atoms with Crippen LogP contribution in [0.25, 0.3) is 10.9 Å². The maximum atomic E-state index is 9.83. The van der Waals surface area contributed by atoms with Crippen LogP contribution in [-0.4, -0.2) is 5.11 Å². The lowest BCUT2D eigenvalue weighted by molar-refractivity contribution is -0.358. The number of hydrogen-bond acceptors (Lipinski definition) is 1. The molecule has 0 saturated heterocycles. The normalized spacial score (nSPS) is 10.4. The lowest BCUT2D eigenvalue weighted by atomic mass is 10.1. The van der Waals surface area contributed by atoms with E-state index in [2.05, 4.69) is 24.0 Å². The smallest absolute Gasteiger partial charge is 0.253 e. The maximum Gasteiger partial charge on any atom is 0.253 e. The highest BCUT2D eigenvalue weighted by molar-refractivity contribution is 5.80. The zero-order chi connectivity index (χ0) is 13.5. The summed E-state index contributed by atoms with van der Waals surface area (Å²) in [6, 6.07) is 9.83. The molecule has 0 saturated carbocycles. The average molecular weight is 294 g/mol. The summed E-state index contributed by atoms with van der Waals surface area (Å²) in [5.74, 6) is 0.335. The molecule has 0 atom stereocenters. The Labute approximate surface area is 127 Å². The molecular formula is C17H24ClNO. The summed E-state index contributed by atoms with van der Waals surface area (Å²) in [5.41, 5.74) is 2.07. The number of hydrogen-bond donors (Lipinski definition) is 1. The number of aromatic hydroxyl groups is 1. The minimum absolute atomic E-state index is 0. The number of nitrogens with one attached hydrogen (secondary N) is 1. The number of unbranched alkanes of at least 4 members (excludes halogenated alkanes) is 5. The van der Waals surface area contributed by atoms with Crippen LogP contribution in [0.2, 0.25) is 0 Å². The van der Waals surface area contributed by atoms with Gasteiger partial charge in [-0.05, 0) is 24.6 Å². The predicted octanol–water partition coefficient (Wildman–Crippen LogP) is 1.27. The predicted molar refractivity (Wildman–Crippen MR) is 79.2 cm³/mol. The molecule has 2 N–H and O–H groups in total. The van der Waals surface area contributed by atoms with Gasteiger partial charge in [0, 0.05) is 12.5 Å². The number of phenolic OH excluding ortho intramolecular Hbond substituents is 1. The number of pyridine rings is 1. The van der Waals surface area contributed by atoms with Crippen molar-refractivity contribution < 1.29 is 22.5 Å². The maximum absolute atomic E-state index is 9.83. The molecule has 110 valence electrons. The van der Waals surface area contributed by atoms with Gasteiger partial charge in [0.2, 0.25) is 0 Å². The third-order valence-corrected chi connectivity index (χ3v) is 3.62. The van der Waals surface area contributed by atoms with Crippen LogP contribution in [0, 0.1) is 0 Å². The molecule has 0 spiro atoms. The van der Waals surface area contributed by atoms with Crippen molar-refractivity contribution in [2.24, 2.45) is 0 Å². The molecule has 1 heterocycles. The van der Waals surface area contributed by atoms with Crippen molar-refractivity contribution in [2.75, 3.05) is 0 Å². The number of benzene rings is 1. The summed E-state index contributed by atoms with van der Waals surface area (Å²) in [6.45, 7) is 2.25. The second-order valence-electron chi connectivity index (χ2n) is 5.24. The largest absolute Gasteiger partial charge is 1.00 e. The number of rotatable bonds is 7. The van der Waals surface area contributed by atoms with E-state index < -0.39 is 0 Å². The minimum atomic E-state index is 0. The van der Waals surface area contributed by atoms with Gasteiger partial charge in [-0.15, -0.1) is 0 Å². The Balaban J connectivity index is 0.00000200. The molecule has 0 aliphatic heterocycles. The molecule has 2 nitrogen and oxygen atoms in total. The van der Waals surface area contributed by atoms with Crippen molar-refractivity contribution in [3.05, 3.63) is 36.0 Å². The van der Waals surface area contributed by atoms with Gasteiger partial charge in [-0.2, -0.15) is 0 Å². The van der Waals surface area contributed by atoms with E-state index in [9.17, 15) is 5.11 Å². The number of H-pyrrole nitrogens is 1. The number of phenols is 1. The number of aromatic nitrogens is 1. The van der Waals surface area contributed by atoms with Gasteiger partial charge in [-0.25, -0.2) is 4.98 Å². The topological polar surface area (TPSA) is 34.4 Å². The molecule has 20 heavy (non-hydrogen) atoms. The van der Waals surface area contributed by atoms with E-state index in [1.54, 1.807) is 6.07 Å². The van der Waals surface area contributed by atoms with Crippen molar-refractivity contribution in [3.63, 3.8) is 0 Å². The highest BCUT2D eigenvalue weighted by Gasteiger charge is 2.08. The molecule has 0 fully saturated rings. The standard InChI is InChI=1S/C17H23NO.ClH/c1-2-3-4-5-6-7-10-15-13-12-14-9-8-11-16(19)17(14)18-15;/h8-9,11-13,19H,2-7,10H2,1H3;1H. The minimum Gasteiger partial charge on any atom is -1.00 e. The third kappa shape index (κ3) is 4.68. The number of fused-ring (bicyclic) bond motifs is 1. The highest BCUT2D eigenvalue weighted by atomic mass is 35.5. The van der Waals surface area contributed by atoms with Gasteiger partial charge in [0.15, 0.2) is 11.4 Å². The van der Waals surface area contributed by atoms with Gasteiger partial charge in [-0.1, -0.05) is 45.1 Å². The van der Waals surface area contributed by atoms with Crippen molar-refractivity contribution in [2.45, 2.75) is 51.9 Å². The summed E-state index contributed by atoms with van der Waals surface area (Å²) < 4.78 is 0. The van der Waals surface area contributed by atoms with Crippen LogP contribution >= 0.6 is 0 Å². The lowest BCUT2D eigenvalue weighted by Gasteiger charge is -2.00. The lowest BCUT2D eigenvalue weighted by Crippen LogP contribution is -3.00. The Kier molecular flexibility index (Phi) is 7.38. The molecule has 0 aliphatic rings. The summed E-state index contributed by atoms with van der Waals surface area (Å²) in [4.78, 5) is 3.35. The van der Waals surface area contributed by atoms with E-state index in [1.807, 2.05) is 12.1 Å². The summed E-state index contributed by atoms with van der Waals surface area (Å²) in [7, 11) is 0. The molecule has 0 amide bonds. The molecule has 3 heteroatoms. The van der Waals surface area contributed by atoms with Gasteiger partial charge in [0.1, 0.15) is 0 Å². The van der Waals surface area contributed by atoms with Crippen LogP contribution < -0.4 is 17.4 Å². The monoisotopic (exact) mass is 293 g/mol. The fourth-order valence-electron chi connectivity index (χ4n) is 2.47. The van der Waals surface area contributed by atoms with E-state index >= 15 is 0 Å². The van der Waals surface area contributed by atoms with Crippen LogP contribution in [0.15, 0.2) is 30.3 Å². The van der Waals surface area contributed by atoms with E-state index in [0.717, 1.165) is 17.3 Å². The number of para-hydroxylation sites is 1. The molecule has 1 aromatic heterocycles. The zero-order valence-corrected chi connectivity index (χ0v) is 12.9. The highest BCUT2D eigenvalue weighted by Crippen LogP contribution is 2.20. The molecule has 1 aromatic carbocycles. The second kappa shape index (κ2) is 8.80. The molecule has 0 unspecified atom stereocenters. The first-order chi connectivity index (χ1) is 9.31. The Bertz CT molecular complexity index is 527. The number of halogens is 1. The van der Waals surface area contributed by atoms with Crippen molar-refractivity contribution in [3.8, 4) is 5.75 Å². The molecule has 0 aliphatic carbocycles. The molecule has 2 aromatic rings. The fourth-order valence-corrected chi connectivity index (χ4v) is 2.47. The quantitative estimate of drug-likeness (QED) is 0.767. The first-order valence-corrected chi connectivity index (χ1v) is 7.44. The van der Waals surface area contributed by atoms with E-state index in [1.165, 1.54) is 44.2 Å². The average Bonchev–Trinajstić information content (AvgIpc) is 2.43. The van der Waals surface area contributed by atoms with Crippen molar-refractivity contribution in [1.82, 2.24) is 0 Å². The zero-order valence-electron chi connectivity index (χ0n) is 12.2. The Morgan fingerprint density at radius 2 is 1.70 bits per heavy atom. The SMILES string of the molecule is CCCCCCCCc1ccc2cccc(O)c2[nH+]1.[Cl-]. The molecule has 0 bridgehead atoms. The van der Waals surface area contributed by atoms with Crippen molar-refractivity contribution in [1.29, 1.82) is 0 Å². The van der Waals surface area contributed by atoms with Gasteiger partial charge < -0.3 is 17.5 Å². The Morgan fingerprint density at radius 1 is 0.950 bits per heavy atom. The van der Waals surface area contributed by atoms with E-state index in [-0.39, 0.29) is 12.4 Å². The second-order valence-corrected chi connectivity index (χ2v) is 5.24. The van der Waals surface area contributed by atoms with Crippen LogP contribution in [0.3, 0.4) is 0 Å². The number of aryl methyl sites for hydroxylation is 1. The molecule has 0 radical (unpaired) electrons. The number of aromatic amines is 1. The third-order valence-electron chi connectivity index (χ3n) is 3.62. The van der Waals surface area contributed by atoms with Gasteiger partial charge in [0.25, 0.3) is 5.52 Å². The van der Waals surface area contributed by atoms with Crippen LogP contribution in [-0.2, 0) is 6.42 Å². The van der Waals surface area contributed by atoms with E-state index in [4.69, 9.17) is 0 Å². The summed E-state index contributed by atoms with van der Waals surface area (Å²) in [6.07, 6.45) is 8.95. The van der Waals surface area contributed by atoms with Gasteiger partial charge >= 0.3 is 0 Å². The van der Waals surface area contributed by atoms with Gasteiger partial charge in [0.05, 0.1) is 5.39 Å². The first-order valence-electron chi connectivity index (χ1n) is 7.44.